The predicted molar refractivity (Wildman–Crippen MR) is 209 cm³/mol. The molecule has 0 aliphatic carbocycles. The zero-order chi connectivity index (χ0) is 41.4. The third kappa shape index (κ3) is 9.66. The molecule has 3 amide bonds. The minimum Gasteiger partial charge on any atom is -0.508 e. The summed E-state index contributed by atoms with van der Waals surface area (Å²) >= 11 is 0. The molecule has 0 saturated heterocycles. The van der Waals surface area contributed by atoms with E-state index in [0.717, 1.165) is 6.07 Å². The van der Waals surface area contributed by atoms with Crippen LogP contribution < -0.4 is 16.0 Å². The van der Waals surface area contributed by atoms with Crippen molar-refractivity contribution in [1.82, 2.24) is 0 Å². The number of nitrogens with one attached hydrogen (secondary N) is 3. The minimum absolute atomic E-state index is 0.0493. The van der Waals surface area contributed by atoms with E-state index >= 15 is 0 Å². The van der Waals surface area contributed by atoms with E-state index in [1.165, 1.54) is 80.6 Å². The molecule has 0 aliphatic rings. The van der Waals surface area contributed by atoms with Gasteiger partial charge >= 0.3 is 5.97 Å². The van der Waals surface area contributed by atoms with Gasteiger partial charge in [0.2, 0.25) is 5.91 Å². The van der Waals surface area contributed by atoms with Crippen molar-refractivity contribution in [1.29, 1.82) is 5.26 Å². The molecular formula is C43H36N4O10. The first-order chi connectivity index (χ1) is 27.2. The number of phenolic OH excluding ortho intramolecular Hbond substituents is 2. The SMILES string of the molecule is Cc1c(NC(=O)c2ccc(NC(=O)c3ccc(NC(=O)C(CC#N)CC(=O)c4ccc(CC(=O)c5ccc(O)cc5)cc4)cc3)c(C)c2O)ccc(C(=O)O)c1O. The lowest BCUT2D eigenvalue weighted by atomic mass is 9.94. The Morgan fingerprint density at radius 2 is 1.12 bits per heavy atom. The number of carboxylic acid groups (broad SMARTS) is 1. The Morgan fingerprint density at radius 3 is 1.70 bits per heavy atom. The van der Waals surface area contributed by atoms with Gasteiger partial charge in [-0.2, -0.15) is 5.26 Å². The molecule has 0 radical (unpaired) electrons. The van der Waals surface area contributed by atoms with Crippen LogP contribution in [0.25, 0.3) is 0 Å². The third-order valence-electron chi connectivity index (χ3n) is 9.22. The van der Waals surface area contributed by atoms with E-state index in [0.29, 0.717) is 22.4 Å². The second-order valence-corrected chi connectivity index (χ2v) is 13.1. The van der Waals surface area contributed by atoms with Crippen LogP contribution in [0.15, 0.2) is 97.1 Å². The largest absolute Gasteiger partial charge is 0.508 e. The molecule has 288 valence electrons. The number of carbonyl (C=O) groups excluding carboxylic acids is 5. The van der Waals surface area contributed by atoms with Crippen molar-refractivity contribution in [3.05, 3.63) is 142 Å². The number of benzene rings is 5. The number of carbonyl (C=O) groups is 6. The first-order valence-electron chi connectivity index (χ1n) is 17.4. The molecule has 5 aromatic rings. The number of phenols is 3. The van der Waals surface area contributed by atoms with E-state index in [9.17, 15) is 54.5 Å². The molecule has 0 bridgehead atoms. The molecule has 14 heteroatoms. The van der Waals surface area contributed by atoms with Gasteiger partial charge in [-0.3, -0.25) is 24.0 Å². The van der Waals surface area contributed by atoms with Gasteiger partial charge in [0.05, 0.1) is 17.6 Å². The normalized spacial score (nSPS) is 11.1. The van der Waals surface area contributed by atoms with Gasteiger partial charge in [0.25, 0.3) is 11.8 Å². The highest BCUT2D eigenvalue weighted by Gasteiger charge is 2.24. The Kier molecular flexibility index (Phi) is 12.4. The molecule has 57 heavy (non-hydrogen) atoms. The fourth-order valence-corrected chi connectivity index (χ4v) is 5.81. The molecule has 0 aromatic heterocycles. The summed E-state index contributed by atoms with van der Waals surface area (Å²) in [5.74, 6) is -5.62. The quantitative estimate of drug-likeness (QED) is 0.0580. The molecule has 0 saturated carbocycles. The van der Waals surface area contributed by atoms with Gasteiger partial charge in [-0.05, 0) is 92.2 Å². The summed E-state index contributed by atoms with van der Waals surface area (Å²) in [6.45, 7) is 2.91. The molecule has 0 spiro atoms. The second-order valence-electron chi connectivity index (χ2n) is 13.1. The van der Waals surface area contributed by atoms with Crippen LogP contribution in [0.3, 0.4) is 0 Å². The molecule has 0 aliphatic heterocycles. The van der Waals surface area contributed by atoms with E-state index in [1.807, 2.05) is 6.07 Å². The molecule has 1 unspecified atom stereocenters. The van der Waals surface area contributed by atoms with Crippen LogP contribution in [0.4, 0.5) is 17.1 Å². The van der Waals surface area contributed by atoms with Crippen LogP contribution in [0, 0.1) is 31.1 Å². The zero-order valence-corrected chi connectivity index (χ0v) is 30.6. The summed E-state index contributed by atoms with van der Waals surface area (Å²) in [6.07, 6.45) is -0.394. The first kappa shape index (κ1) is 40.4. The predicted octanol–water partition coefficient (Wildman–Crippen LogP) is 6.79. The van der Waals surface area contributed by atoms with Crippen LogP contribution in [-0.4, -0.2) is 55.7 Å². The van der Waals surface area contributed by atoms with Gasteiger partial charge in [0.1, 0.15) is 22.8 Å². The van der Waals surface area contributed by atoms with Crippen LogP contribution in [-0.2, 0) is 11.2 Å². The Morgan fingerprint density at radius 1 is 0.614 bits per heavy atom. The summed E-state index contributed by atoms with van der Waals surface area (Å²) in [5.41, 5.74) is 2.05. The van der Waals surface area contributed by atoms with E-state index in [-0.39, 0.29) is 75.8 Å². The maximum Gasteiger partial charge on any atom is 0.339 e. The van der Waals surface area contributed by atoms with E-state index in [4.69, 9.17) is 0 Å². The molecule has 7 N–H and O–H groups in total. The Bertz CT molecular complexity index is 2440. The van der Waals surface area contributed by atoms with Gasteiger partial charge in [-0.1, -0.05) is 24.3 Å². The maximum absolute atomic E-state index is 13.1. The Hall–Kier alpha value is -7.79. The van der Waals surface area contributed by atoms with Crippen molar-refractivity contribution >= 4 is 52.3 Å². The van der Waals surface area contributed by atoms with Crippen LogP contribution in [0.2, 0.25) is 0 Å². The summed E-state index contributed by atoms with van der Waals surface area (Å²) in [5, 5.41) is 56.9. The smallest absolute Gasteiger partial charge is 0.339 e. The second kappa shape index (κ2) is 17.6. The standard InChI is InChI=1S/C43H36N4O10/c1-23-34(17-15-32(38(23)51)42(55)47-35-18-16-33(43(56)57)39(52)24(35)2)46-40(53)28-7-11-30(12-8-28)45-41(54)29(19-20-44)22-37(50)26-5-3-25(4-6-26)21-36(49)27-9-13-31(48)14-10-27/h3-18,29,48,51-52H,19,21-22H2,1-2H3,(H,45,54)(H,46,53)(H,47,55)(H,56,57). The van der Waals surface area contributed by atoms with Gasteiger partial charge in [-0.15, -0.1) is 0 Å². The number of amides is 3. The maximum atomic E-state index is 13.1. The number of Topliss-reactive ketones (excluding diaryl/α,β-unsaturated/α-hetero) is 2. The topological polar surface area (TPSA) is 243 Å². The van der Waals surface area contributed by atoms with Crippen molar-refractivity contribution < 1.29 is 49.2 Å². The number of aromatic carboxylic acids is 1. The summed E-state index contributed by atoms with van der Waals surface area (Å²) in [7, 11) is 0. The average Bonchev–Trinajstić information content (AvgIpc) is 3.18. The highest BCUT2D eigenvalue weighted by Crippen LogP contribution is 2.32. The molecule has 0 heterocycles. The summed E-state index contributed by atoms with van der Waals surface area (Å²) in [4.78, 5) is 76.1. The minimum atomic E-state index is -1.34. The highest BCUT2D eigenvalue weighted by atomic mass is 16.4. The van der Waals surface area contributed by atoms with Crippen LogP contribution in [0.1, 0.15) is 81.3 Å². The Balaban J connectivity index is 1.17. The molecule has 14 nitrogen and oxygen atoms in total. The number of anilines is 3. The number of nitriles is 1. The number of hydrogen-bond donors (Lipinski definition) is 7. The lowest BCUT2D eigenvalue weighted by Crippen LogP contribution is -2.25. The van der Waals surface area contributed by atoms with E-state index in [1.54, 1.807) is 24.3 Å². The van der Waals surface area contributed by atoms with Crippen LogP contribution in [0.5, 0.6) is 17.2 Å². The molecule has 0 fully saturated rings. The summed E-state index contributed by atoms with van der Waals surface area (Å²) in [6, 6.07) is 25.2. The van der Waals surface area contributed by atoms with Crippen molar-refractivity contribution in [2.75, 3.05) is 16.0 Å². The van der Waals surface area contributed by atoms with Gasteiger partial charge < -0.3 is 36.4 Å². The van der Waals surface area contributed by atoms with Gasteiger partial charge in [0, 0.05) is 64.1 Å². The third-order valence-corrected chi connectivity index (χ3v) is 9.22. The van der Waals surface area contributed by atoms with Crippen molar-refractivity contribution in [3.8, 4) is 23.3 Å². The van der Waals surface area contributed by atoms with Crippen molar-refractivity contribution in [2.45, 2.75) is 33.1 Å². The number of carboxylic acids is 1. The fraction of sp³-hybridized carbons (Fsp3) is 0.140. The van der Waals surface area contributed by atoms with Crippen LogP contribution >= 0.6 is 0 Å². The average molecular weight is 769 g/mol. The van der Waals surface area contributed by atoms with Crippen molar-refractivity contribution in [2.24, 2.45) is 5.92 Å². The number of rotatable bonds is 14. The fourth-order valence-electron chi connectivity index (χ4n) is 5.81. The lowest BCUT2D eigenvalue weighted by molar-refractivity contribution is -0.119. The number of aromatic hydroxyl groups is 3. The molecular weight excluding hydrogens is 732 g/mol. The molecule has 1 atom stereocenters. The first-order valence-corrected chi connectivity index (χ1v) is 17.4. The van der Waals surface area contributed by atoms with Gasteiger partial charge in [-0.25, -0.2) is 4.79 Å². The number of nitrogens with zero attached hydrogens (tertiary/aromatic N) is 1. The Labute approximate surface area is 326 Å². The number of hydrogen-bond acceptors (Lipinski definition) is 10. The molecule has 5 aromatic carbocycles. The highest BCUT2D eigenvalue weighted by molar-refractivity contribution is 6.09. The number of ketones is 2. The monoisotopic (exact) mass is 768 g/mol. The van der Waals surface area contributed by atoms with Crippen molar-refractivity contribution in [3.63, 3.8) is 0 Å². The van der Waals surface area contributed by atoms with Gasteiger partial charge in [0.15, 0.2) is 11.6 Å². The van der Waals surface area contributed by atoms with E-state index < -0.39 is 41.1 Å². The van der Waals surface area contributed by atoms with E-state index in [2.05, 4.69) is 16.0 Å². The lowest BCUT2D eigenvalue weighted by Gasteiger charge is -2.15. The summed E-state index contributed by atoms with van der Waals surface area (Å²) < 4.78 is 0. The molecule has 5 rings (SSSR count). The zero-order valence-electron chi connectivity index (χ0n) is 30.6.